The van der Waals surface area contributed by atoms with E-state index in [1.807, 2.05) is 30.3 Å². The van der Waals surface area contributed by atoms with E-state index in [9.17, 15) is 0 Å². The normalized spacial score (nSPS) is 11.9. The number of nitrogen functional groups attached to an aromatic ring is 1. The lowest BCUT2D eigenvalue weighted by Gasteiger charge is -2.18. The van der Waals surface area contributed by atoms with Gasteiger partial charge in [-0.1, -0.05) is 39.0 Å². The quantitative estimate of drug-likeness (QED) is 0.665. The number of rotatable bonds is 1. The number of oxazole rings is 1. The molecule has 1 heterocycles. The first-order valence-electron chi connectivity index (χ1n) is 6.71. The third-order valence-electron chi connectivity index (χ3n) is 3.44. The Hall–Kier alpha value is -2.29. The lowest BCUT2D eigenvalue weighted by atomic mass is 9.87. The molecule has 0 aliphatic heterocycles. The number of aromatic nitrogens is 1. The van der Waals surface area contributed by atoms with E-state index in [-0.39, 0.29) is 5.41 Å². The van der Waals surface area contributed by atoms with Crippen molar-refractivity contribution in [2.75, 3.05) is 5.73 Å². The van der Waals surface area contributed by atoms with Crippen molar-refractivity contribution >= 4 is 16.8 Å². The molecular weight excluding hydrogens is 248 g/mol. The minimum absolute atomic E-state index is 0.143. The summed E-state index contributed by atoms with van der Waals surface area (Å²) in [5, 5.41) is 0. The molecule has 102 valence electrons. The monoisotopic (exact) mass is 266 g/mol. The van der Waals surface area contributed by atoms with Crippen molar-refractivity contribution in [2.45, 2.75) is 26.2 Å². The Morgan fingerprint density at radius 3 is 2.30 bits per heavy atom. The maximum absolute atomic E-state index is 5.90. The van der Waals surface area contributed by atoms with Crippen molar-refractivity contribution in [3.63, 3.8) is 0 Å². The number of para-hydroxylation sites is 1. The molecule has 3 rings (SSSR count). The first-order valence-corrected chi connectivity index (χ1v) is 6.71. The van der Waals surface area contributed by atoms with E-state index in [4.69, 9.17) is 10.2 Å². The third kappa shape index (κ3) is 2.16. The van der Waals surface area contributed by atoms with Gasteiger partial charge in [-0.05, 0) is 35.2 Å². The number of hydrogen-bond donors (Lipinski definition) is 1. The van der Waals surface area contributed by atoms with E-state index >= 15 is 0 Å². The topological polar surface area (TPSA) is 52.0 Å². The third-order valence-corrected chi connectivity index (χ3v) is 3.44. The van der Waals surface area contributed by atoms with Gasteiger partial charge in [0.25, 0.3) is 0 Å². The van der Waals surface area contributed by atoms with Crippen LogP contribution in [0.1, 0.15) is 26.3 Å². The van der Waals surface area contributed by atoms with Crippen LogP contribution in [-0.2, 0) is 5.41 Å². The highest BCUT2D eigenvalue weighted by atomic mass is 16.3. The van der Waals surface area contributed by atoms with Gasteiger partial charge in [-0.3, -0.25) is 0 Å². The van der Waals surface area contributed by atoms with Crippen LogP contribution >= 0.6 is 0 Å². The first kappa shape index (κ1) is 12.7. The molecule has 2 N–H and O–H groups in total. The minimum atomic E-state index is 0.143. The van der Waals surface area contributed by atoms with E-state index in [1.165, 1.54) is 5.56 Å². The van der Waals surface area contributed by atoms with Gasteiger partial charge in [0.15, 0.2) is 5.58 Å². The zero-order valence-corrected chi connectivity index (χ0v) is 12.0. The number of anilines is 1. The molecule has 2 aromatic carbocycles. The van der Waals surface area contributed by atoms with Crippen LogP contribution in [0.4, 0.5) is 5.69 Å². The van der Waals surface area contributed by atoms with Crippen LogP contribution in [0.3, 0.4) is 0 Å². The van der Waals surface area contributed by atoms with Crippen molar-refractivity contribution in [3.8, 4) is 11.5 Å². The fourth-order valence-corrected chi connectivity index (χ4v) is 2.21. The molecule has 0 fully saturated rings. The maximum atomic E-state index is 5.90. The molecule has 0 unspecified atom stereocenters. The van der Waals surface area contributed by atoms with Crippen LogP contribution in [0.5, 0.6) is 0 Å². The number of fused-ring (bicyclic) bond motifs is 1. The van der Waals surface area contributed by atoms with E-state index in [1.54, 1.807) is 0 Å². The lowest BCUT2D eigenvalue weighted by molar-refractivity contribution is 0.589. The van der Waals surface area contributed by atoms with E-state index in [2.05, 4.69) is 37.9 Å². The average molecular weight is 266 g/mol. The van der Waals surface area contributed by atoms with Crippen LogP contribution in [0, 0.1) is 0 Å². The summed E-state index contributed by atoms with van der Waals surface area (Å²) in [6, 6.07) is 13.9. The Morgan fingerprint density at radius 1 is 1.00 bits per heavy atom. The average Bonchev–Trinajstić information content (AvgIpc) is 2.83. The molecule has 0 amide bonds. The summed E-state index contributed by atoms with van der Waals surface area (Å²) in [4.78, 5) is 4.49. The van der Waals surface area contributed by atoms with Gasteiger partial charge in [-0.2, -0.15) is 0 Å². The Bertz CT molecular complexity index is 749. The number of nitrogens with two attached hydrogens (primary N) is 1. The molecule has 0 bridgehead atoms. The fourth-order valence-electron chi connectivity index (χ4n) is 2.21. The molecule has 3 aromatic rings. The van der Waals surface area contributed by atoms with Crippen molar-refractivity contribution < 1.29 is 4.42 Å². The van der Waals surface area contributed by atoms with Crippen LogP contribution < -0.4 is 5.73 Å². The Kier molecular flexibility index (Phi) is 2.78. The van der Waals surface area contributed by atoms with Gasteiger partial charge in [0.05, 0.1) is 5.69 Å². The maximum Gasteiger partial charge on any atom is 0.227 e. The van der Waals surface area contributed by atoms with Gasteiger partial charge in [-0.15, -0.1) is 0 Å². The smallest absolute Gasteiger partial charge is 0.227 e. The van der Waals surface area contributed by atoms with E-state index in [0.29, 0.717) is 17.2 Å². The Balaban J connectivity index is 2.05. The van der Waals surface area contributed by atoms with Crippen molar-refractivity contribution in [2.24, 2.45) is 0 Å². The SMILES string of the molecule is CC(C)(C)c1ccc(-c2nc3cccc(N)c3o2)cc1. The van der Waals surface area contributed by atoms with Gasteiger partial charge in [0.1, 0.15) is 5.52 Å². The second-order valence-corrected chi connectivity index (χ2v) is 6.04. The molecule has 0 atom stereocenters. The van der Waals surface area contributed by atoms with Gasteiger partial charge >= 0.3 is 0 Å². The molecule has 0 saturated carbocycles. The second-order valence-electron chi connectivity index (χ2n) is 6.04. The number of hydrogen-bond acceptors (Lipinski definition) is 3. The van der Waals surface area contributed by atoms with Crippen molar-refractivity contribution in [3.05, 3.63) is 48.0 Å². The summed E-state index contributed by atoms with van der Waals surface area (Å²) < 4.78 is 5.77. The minimum Gasteiger partial charge on any atom is -0.434 e. The molecule has 1 aromatic heterocycles. The molecular formula is C17H18N2O. The first-order chi connectivity index (χ1) is 9.45. The van der Waals surface area contributed by atoms with Crippen molar-refractivity contribution in [1.29, 1.82) is 0 Å². The summed E-state index contributed by atoms with van der Waals surface area (Å²) >= 11 is 0. The highest BCUT2D eigenvalue weighted by Crippen LogP contribution is 2.29. The fraction of sp³-hybridized carbons (Fsp3) is 0.235. The van der Waals surface area contributed by atoms with E-state index < -0.39 is 0 Å². The predicted octanol–water partition coefficient (Wildman–Crippen LogP) is 4.37. The van der Waals surface area contributed by atoms with E-state index in [0.717, 1.165) is 11.1 Å². The number of nitrogens with zero attached hydrogens (tertiary/aromatic N) is 1. The standard InChI is InChI=1S/C17H18N2O/c1-17(2,3)12-9-7-11(8-10-12)16-19-14-6-4-5-13(18)15(14)20-16/h4-10H,18H2,1-3H3. The lowest BCUT2D eigenvalue weighted by Crippen LogP contribution is -2.10. The summed E-state index contributed by atoms with van der Waals surface area (Å²) in [7, 11) is 0. The van der Waals surface area contributed by atoms with Crippen LogP contribution in [0.15, 0.2) is 46.9 Å². The van der Waals surface area contributed by atoms with Crippen LogP contribution in [0.25, 0.3) is 22.6 Å². The molecule has 0 spiro atoms. The predicted molar refractivity (Wildman–Crippen MR) is 82.6 cm³/mol. The summed E-state index contributed by atoms with van der Waals surface area (Å²) in [5.41, 5.74) is 10.4. The molecule has 3 heteroatoms. The summed E-state index contributed by atoms with van der Waals surface area (Å²) in [6.07, 6.45) is 0. The molecule has 0 aliphatic rings. The Labute approximate surface area is 118 Å². The van der Waals surface area contributed by atoms with Gasteiger partial charge in [0.2, 0.25) is 5.89 Å². The highest BCUT2D eigenvalue weighted by molar-refractivity contribution is 5.86. The van der Waals surface area contributed by atoms with Gasteiger partial charge < -0.3 is 10.2 Å². The summed E-state index contributed by atoms with van der Waals surface area (Å²) in [6.45, 7) is 6.59. The molecule has 0 saturated heterocycles. The molecule has 3 nitrogen and oxygen atoms in total. The second kappa shape index (κ2) is 4.37. The van der Waals surface area contributed by atoms with Crippen molar-refractivity contribution in [1.82, 2.24) is 4.98 Å². The van der Waals surface area contributed by atoms with Crippen LogP contribution in [0.2, 0.25) is 0 Å². The largest absolute Gasteiger partial charge is 0.434 e. The summed E-state index contributed by atoms with van der Waals surface area (Å²) in [5.74, 6) is 0.610. The van der Waals surface area contributed by atoms with Gasteiger partial charge in [-0.25, -0.2) is 4.98 Å². The molecule has 0 radical (unpaired) electrons. The van der Waals surface area contributed by atoms with Crippen LogP contribution in [-0.4, -0.2) is 4.98 Å². The van der Waals surface area contributed by atoms with Gasteiger partial charge in [0, 0.05) is 5.56 Å². The number of benzene rings is 2. The Morgan fingerprint density at radius 2 is 1.70 bits per heavy atom. The highest BCUT2D eigenvalue weighted by Gasteiger charge is 2.15. The molecule has 20 heavy (non-hydrogen) atoms. The zero-order chi connectivity index (χ0) is 14.3. The zero-order valence-electron chi connectivity index (χ0n) is 12.0. The molecule has 0 aliphatic carbocycles.